The Morgan fingerprint density at radius 2 is 1.86 bits per heavy atom. The van der Waals surface area contributed by atoms with Gasteiger partial charge in [-0.3, -0.25) is 14.9 Å². The average Bonchev–Trinajstić information content (AvgIpc) is 3.25. The van der Waals surface area contributed by atoms with Crippen molar-refractivity contribution in [1.82, 2.24) is 9.88 Å². The number of nitro groups is 1. The van der Waals surface area contributed by atoms with Crippen molar-refractivity contribution in [1.29, 1.82) is 0 Å². The standard InChI is InChI=1S/C26H22ClN3O5/c1-34-17-5-3-4-16(12-17)26(31)29-11-10-19-20-14-18(35-2)7-9-22(20)28-24(19)25(29)15-6-8-21(27)23(13-15)30(32)33/h3-9,12-14,25,28H,10-11H2,1-2H3/t25-/m0/s1. The van der Waals surface area contributed by atoms with Gasteiger partial charge in [0.15, 0.2) is 0 Å². The normalized spacial score (nSPS) is 15.1. The first-order chi connectivity index (χ1) is 16.9. The van der Waals surface area contributed by atoms with Gasteiger partial charge in [-0.1, -0.05) is 23.7 Å². The van der Waals surface area contributed by atoms with E-state index in [1.54, 1.807) is 49.5 Å². The second kappa shape index (κ2) is 8.96. The average molecular weight is 492 g/mol. The highest BCUT2D eigenvalue weighted by Crippen LogP contribution is 2.41. The summed E-state index contributed by atoms with van der Waals surface area (Å²) in [6.45, 7) is 0.425. The van der Waals surface area contributed by atoms with E-state index in [1.165, 1.54) is 12.1 Å². The van der Waals surface area contributed by atoms with Crippen LogP contribution in [0.2, 0.25) is 5.02 Å². The van der Waals surface area contributed by atoms with Crippen molar-refractivity contribution < 1.29 is 19.2 Å². The SMILES string of the molecule is COc1cccc(C(=O)N2CCc3c([nH]c4ccc(OC)cc34)[C@@H]2c2ccc(Cl)c([N+](=O)[O-])c2)c1. The molecule has 0 unspecified atom stereocenters. The molecule has 3 aromatic carbocycles. The molecule has 178 valence electrons. The van der Waals surface area contributed by atoms with Gasteiger partial charge in [-0.15, -0.1) is 0 Å². The predicted octanol–water partition coefficient (Wildman–Crippen LogP) is 5.53. The lowest BCUT2D eigenvalue weighted by Crippen LogP contribution is -2.40. The largest absolute Gasteiger partial charge is 0.497 e. The fourth-order valence-corrected chi connectivity index (χ4v) is 4.91. The summed E-state index contributed by atoms with van der Waals surface area (Å²) < 4.78 is 10.7. The minimum Gasteiger partial charge on any atom is -0.497 e. The number of H-pyrrole nitrogens is 1. The molecule has 4 aromatic rings. The minimum atomic E-state index is -0.577. The van der Waals surface area contributed by atoms with Crippen LogP contribution >= 0.6 is 11.6 Å². The number of hydrogen-bond donors (Lipinski definition) is 1. The number of ether oxygens (including phenoxy) is 2. The zero-order valence-corrected chi connectivity index (χ0v) is 19.8. The number of nitrogens with zero attached hydrogens (tertiary/aromatic N) is 2. The van der Waals surface area contributed by atoms with Gasteiger partial charge in [-0.2, -0.15) is 0 Å². The summed E-state index contributed by atoms with van der Waals surface area (Å²) in [4.78, 5) is 30.0. The molecule has 1 aromatic heterocycles. The van der Waals surface area contributed by atoms with Crippen molar-refractivity contribution in [3.8, 4) is 11.5 Å². The monoisotopic (exact) mass is 491 g/mol. The Kier molecular flexibility index (Phi) is 5.82. The molecule has 1 aliphatic heterocycles. The Balaban J connectivity index is 1.69. The van der Waals surface area contributed by atoms with Gasteiger partial charge >= 0.3 is 0 Å². The van der Waals surface area contributed by atoms with Crippen molar-refractivity contribution in [2.75, 3.05) is 20.8 Å². The molecule has 2 heterocycles. The number of aromatic nitrogens is 1. The molecule has 1 amide bonds. The first-order valence-electron chi connectivity index (χ1n) is 11.0. The van der Waals surface area contributed by atoms with Crippen LogP contribution in [0.25, 0.3) is 10.9 Å². The number of hydrogen-bond acceptors (Lipinski definition) is 5. The van der Waals surface area contributed by atoms with Crippen molar-refractivity contribution in [2.45, 2.75) is 12.5 Å². The van der Waals surface area contributed by atoms with Crippen molar-refractivity contribution in [2.24, 2.45) is 0 Å². The van der Waals surface area contributed by atoms with Gasteiger partial charge in [0.2, 0.25) is 0 Å². The van der Waals surface area contributed by atoms with Gasteiger partial charge in [0.1, 0.15) is 16.5 Å². The summed E-state index contributed by atoms with van der Waals surface area (Å²) in [5.41, 5.74) is 3.63. The summed E-state index contributed by atoms with van der Waals surface area (Å²) in [7, 11) is 3.16. The molecule has 9 heteroatoms. The summed E-state index contributed by atoms with van der Waals surface area (Å²) in [5, 5.41) is 12.7. The number of carbonyl (C=O) groups excluding carboxylic acids is 1. The number of methoxy groups -OCH3 is 2. The third kappa shape index (κ3) is 3.95. The lowest BCUT2D eigenvalue weighted by atomic mass is 9.91. The minimum absolute atomic E-state index is 0.0434. The van der Waals surface area contributed by atoms with Gasteiger partial charge in [0.05, 0.1) is 25.2 Å². The van der Waals surface area contributed by atoms with E-state index in [0.717, 1.165) is 27.9 Å². The van der Waals surface area contributed by atoms with Crippen LogP contribution in [0.15, 0.2) is 60.7 Å². The Hall–Kier alpha value is -4.04. The van der Waals surface area contributed by atoms with E-state index in [-0.39, 0.29) is 16.6 Å². The van der Waals surface area contributed by atoms with Crippen LogP contribution in [0.5, 0.6) is 11.5 Å². The van der Waals surface area contributed by atoms with Gasteiger partial charge in [0, 0.05) is 34.8 Å². The molecule has 0 spiro atoms. The van der Waals surface area contributed by atoms with Crippen LogP contribution in [0.1, 0.15) is 33.2 Å². The van der Waals surface area contributed by atoms with Crippen molar-refractivity contribution in [3.05, 3.63) is 98.2 Å². The fourth-order valence-electron chi connectivity index (χ4n) is 4.72. The maximum Gasteiger partial charge on any atom is 0.288 e. The Labute approximate surface area is 206 Å². The second-order valence-corrected chi connectivity index (χ2v) is 8.69. The van der Waals surface area contributed by atoms with E-state index in [0.29, 0.717) is 29.8 Å². The van der Waals surface area contributed by atoms with E-state index in [9.17, 15) is 14.9 Å². The lowest BCUT2D eigenvalue weighted by molar-refractivity contribution is -0.384. The maximum atomic E-state index is 13.7. The first-order valence-corrected chi connectivity index (χ1v) is 11.4. The highest BCUT2D eigenvalue weighted by atomic mass is 35.5. The molecule has 0 saturated carbocycles. The molecule has 1 N–H and O–H groups in total. The second-order valence-electron chi connectivity index (χ2n) is 8.28. The summed E-state index contributed by atoms with van der Waals surface area (Å²) in [5.74, 6) is 1.10. The fraction of sp³-hybridized carbons (Fsp3) is 0.192. The van der Waals surface area contributed by atoms with Crippen LogP contribution in [-0.2, 0) is 6.42 Å². The number of fused-ring (bicyclic) bond motifs is 3. The van der Waals surface area contributed by atoms with E-state index < -0.39 is 11.0 Å². The molecular weight excluding hydrogens is 470 g/mol. The molecule has 0 bridgehead atoms. The molecule has 0 saturated heterocycles. The van der Waals surface area contributed by atoms with Gasteiger partial charge < -0.3 is 19.4 Å². The third-order valence-corrected chi connectivity index (χ3v) is 6.71. The van der Waals surface area contributed by atoms with E-state index in [4.69, 9.17) is 21.1 Å². The molecular formula is C26H22ClN3O5. The number of benzene rings is 3. The smallest absolute Gasteiger partial charge is 0.288 e. The summed E-state index contributed by atoms with van der Waals surface area (Å²) >= 11 is 6.10. The summed E-state index contributed by atoms with van der Waals surface area (Å²) in [6.07, 6.45) is 0.615. The van der Waals surface area contributed by atoms with E-state index in [2.05, 4.69) is 4.98 Å². The molecule has 35 heavy (non-hydrogen) atoms. The zero-order valence-electron chi connectivity index (χ0n) is 19.1. The van der Waals surface area contributed by atoms with Gasteiger partial charge in [-0.05, 0) is 60.0 Å². The Morgan fingerprint density at radius 3 is 2.60 bits per heavy atom. The zero-order chi connectivity index (χ0) is 24.7. The molecule has 1 aliphatic rings. The quantitative estimate of drug-likeness (QED) is 0.292. The van der Waals surface area contributed by atoms with Crippen LogP contribution in [0, 0.1) is 10.1 Å². The highest BCUT2D eigenvalue weighted by molar-refractivity contribution is 6.32. The molecule has 5 rings (SSSR count). The van der Waals surface area contributed by atoms with Crippen LogP contribution < -0.4 is 9.47 Å². The molecule has 0 radical (unpaired) electrons. The van der Waals surface area contributed by atoms with Crippen LogP contribution in [0.3, 0.4) is 0 Å². The van der Waals surface area contributed by atoms with Crippen molar-refractivity contribution in [3.63, 3.8) is 0 Å². The Morgan fingerprint density at radius 1 is 1.09 bits per heavy atom. The van der Waals surface area contributed by atoms with E-state index >= 15 is 0 Å². The number of rotatable bonds is 5. The first kappa shape index (κ1) is 22.7. The number of halogens is 1. The number of nitro benzene ring substituents is 1. The molecule has 0 fully saturated rings. The molecule has 0 aliphatic carbocycles. The van der Waals surface area contributed by atoms with Crippen molar-refractivity contribution >= 4 is 34.1 Å². The van der Waals surface area contributed by atoms with Crippen LogP contribution in [0.4, 0.5) is 5.69 Å². The Bertz CT molecular complexity index is 1460. The van der Waals surface area contributed by atoms with Gasteiger partial charge in [0.25, 0.3) is 11.6 Å². The highest BCUT2D eigenvalue weighted by Gasteiger charge is 2.36. The number of aromatic amines is 1. The molecule has 1 atom stereocenters. The van der Waals surface area contributed by atoms with Gasteiger partial charge in [-0.25, -0.2) is 0 Å². The third-order valence-electron chi connectivity index (χ3n) is 6.39. The number of amides is 1. The summed E-state index contributed by atoms with van der Waals surface area (Å²) in [6, 6.07) is 16.8. The number of nitrogens with one attached hydrogen (secondary N) is 1. The van der Waals surface area contributed by atoms with E-state index in [1.807, 2.05) is 18.2 Å². The van der Waals surface area contributed by atoms with Crippen LogP contribution in [-0.4, -0.2) is 41.5 Å². The number of carbonyl (C=O) groups is 1. The predicted molar refractivity (Wildman–Crippen MR) is 133 cm³/mol. The topological polar surface area (TPSA) is 97.7 Å². The lowest BCUT2D eigenvalue weighted by Gasteiger charge is -2.36. The maximum absolute atomic E-state index is 13.7. The molecule has 8 nitrogen and oxygen atoms in total.